The molecule has 1 aromatic heterocycles. The lowest BCUT2D eigenvalue weighted by molar-refractivity contribution is -0.131. The van der Waals surface area contributed by atoms with E-state index in [9.17, 15) is 14.9 Å². The van der Waals surface area contributed by atoms with Crippen LogP contribution in [0.1, 0.15) is 12.5 Å². The number of rotatable bonds is 5. The van der Waals surface area contributed by atoms with Crippen LogP contribution in [-0.4, -0.2) is 16.9 Å². The van der Waals surface area contributed by atoms with Gasteiger partial charge in [0.2, 0.25) is 0 Å². The van der Waals surface area contributed by atoms with Crippen molar-refractivity contribution in [3.05, 3.63) is 71.1 Å². The molecular formula is C21H15N3O3S. The molecule has 2 aromatic carbocycles. The first-order chi connectivity index (χ1) is 13.5. The molecule has 0 aliphatic carbocycles. The Balaban J connectivity index is 1.72. The van der Waals surface area contributed by atoms with Gasteiger partial charge in [-0.2, -0.15) is 5.26 Å². The van der Waals surface area contributed by atoms with E-state index in [2.05, 4.69) is 10.3 Å². The zero-order chi connectivity index (χ0) is 19.9. The van der Waals surface area contributed by atoms with Crippen LogP contribution in [0.4, 0.5) is 5.13 Å². The van der Waals surface area contributed by atoms with E-state index in [1.807, 2.05) is 41.8 Å². The van der Waals surface area contributed by atoms with Crippen LogP contribution in [0.15, 0.2) is 65.6 Å². The highest BCUT2D eigenvalue weighted by atomic mass is 32.1. The van der Waals surface area contributed by atoms with Crippen LogP contribution in [0.5, 0.6) is 5.75 Å². The summed E-state index contributed by atoms with van der Waals surface area (Å²) in [5.41, 5.74) is 2.27. The molecule has 138 valence electrons. The van der Waals surface area contributed by atoms with Crippen molar-refractivity contribution in [1.82, 2.24) is 4.98 Å². The Kier molecular flexibility index (Phi) is 5.94. The van der Waals surface area contributed by atoms with E-state index in [1.165, 1.54) is 24.3 Å². The van der Waals surface area contributed by atoms with Gasteiger partial charge in [-0.25, -0.2) is 4.98 Å². The van der Waals surface area contributed by atoms with E-state index >= 15 is 0 Å². The van der Waals surface area contributed by atoms with Crippen LogP contribution in [0.25, 0.3) is 17.3 Å². The topological polar surface area (TPSA) is 92.1 Å². The van der Waals surface area contributed by atoms with Gasteiger partial charge in [-0.15, -0.1) is 11.3 Å². The number of esters is 1. The van der Waals surface area contributed by atoms with Crippen LogP contribution >= 0.6 is 11.3 Å². The van der Waals surface area contributed by atoms with Gasteiger partial charge in [-0.3, -0.25) is 14.9 Å². The van der Waals surface area contributed by atoms with Crippen LogP contribution in [0.3, 0.4) is 0 Å². The van der Waals surface area contributed by atoms with Gasteiger partial charge < -0.3 is 4.74 Å². The summed E-state index contributed by atoms with van der Waals surface area (Å²) in [4.78, 5) is 27.7. The first-order valence-corrected chi connectivity index (χ1v) is 9.15. The van der Waals surface area contributed by atoms with Crippen LogP contribution < -0.4 is 10.1 Å². The van der Waals surface area contributed by atoms with E-state index < -0.39 is 11.9 Å². The molecule has 6 nitrogen and oxygen atoms in total. The van der Waals surface area contributed by atoms with E-state index in [0.29, 0.717) is 16.4 Å². The summed E-state index contributed by atoms with van der Waals surface area (Å²) in [7, 11) is 0. The van der Waals surface area contributed by atoms with Crippen LogP contribution in [0.2, 0.25) is 0 Å². The molecule has 0 saturated carbocycles. The van der Waals surface area contributed by atoms with Gasteiger partial charge in [0.05, 0.1) is 5.69 Å². The molecule has 0 unspecified atom stereocenters. The zero-order valence-electron chi connectivity index (χ0n) is 14.9. The second-order valence-electron chi connectivity index (χ2n) is 5.69. The van der Waals surface area contributed by atoms with Crippen molar-refractivity contribution in [3.8, 4) is 23.1 Å². The van der Waals surface area contributed by atoms with E-state index in [0.717, 1.165) is 11.3 Å². The van der Waals surface area contributed by atoms with E-state index in [-0.39, 0.29) is 5.57 Å². The maximum absolute atomic E-state index is 12.4. The van der Waals surface area contributed by atoms with Gasteiger partial charge in [0, 0.05) is 17.9 Å². The van der Waals surface area contributed by atoms with Gasteiger partial charge in [-0.05, 0) is 23.8 Å². The molecule has 1 N–H and O–H groups in total. The quantitative estimate of drug-likeness (QED) is 0.304. The minimum atomic E-state index is -0.541. The number of nitrogens with zero attached hydrogens (tertiary/aromatic N) is 2. The van der Waals surface area contributed by atoms with Crippen LogP contribution in [0, 0.1) is 11.3 Å². The molecule has 0 atom stereocenters. The number of nitrogens with one attached hydrogen (secondary N) is 1. The maximum Gasteiger partial charge on any atom is 0.308 e. The van der Waals surface area contributed by atoms with Gasteiger partial charge in [0.1, 0.15) is 17.4 Å². The Morgan fingerprint density at radius 2 is 1.86 bits per heavy atom. The lowest BCUT2D eigenvalue weighted by atomic mass is 10.1. The fraction of sp³-hybridized carbons (Fsp3) is 0.0476. The lowest BCUT2D eigenvalue weighted by Gasteiger charge is -2.02. The van der Waals surface area contributed by atoms with Crippen molar-refractivity contribution in [2.45, 2.75) is 6.92 Å². The van der Waals surface area contributed by atoms with Gasteiger partial charge >= 0.3 is 5.97 Å². The highest BCUT2D eigenvalue weighted by molar-refractivity contribution is 7.14. The first kappa shape index (κ1) is 19.0. The lowest BCUT2D eigenvalue weighted by Crippen LogP contribution is -2.13. The smallest absolute Gasteiger partial charge is 0.308 e. The molecule has 3 aromatic rings. The normalized spacial score (nSPS) is 10.8. The molecule has 1 heterocycles. The summed E-state index contributed by atoms with van der Waals surface area (Å²) in [5, 5.41) is 14.2. The van der Waals surface area contributed by atoms with Crippen molar-refractivity contribution < 1.29 is 14.3 Å². The molecule has 7 heteroatoms. The molecule has 28 heavy (non-hydrogen) atoms. The highest BCUT2D eigenvalue weighted by Gasteiger charge is 2.12. The maximum atomic E-state index is 12.4. The van der Waals surface area contributed by atoms with Crippen molar-refractivity contribution in [2.75, 3.05) is 5.32 Å². The second-order valence-corrected chi connectivity index (χ2v) is 6.55. The predicted molar refractivity (Wildman–Crippen MR) is 108 cm³/mol. The summed E-state index contributed by atoms with van der Waals surface area (Å²) < 4.78 is 4.95. The summed E-state index contributed by atoms with van der Waals surface area (Å²) in [6.45, 7) is 1.31. The highest BCUT2D eigenvalue weighted by Crippen LogP contribution is 2.25. The standard InChI is InChI=1S/C21H15N3O3S/c1-14(25)27-18-9-7-15(8-10-18)11-17(12-22)20(26)24-21-23-19(13-28-21)16-5-3-2-4-6-16/h2-11,13H,1H3,(H,23,24,26)/b17-11-. The monoisotopic (exact) mass is 389 g/mol. The third kappa shape index (κ3) is 4.90. The van der Waals surface area contributed by atoms with Gasteiger partial charge in [0.15, 0.2) is 5.13 Å². The summed E-state index contributed by atoms with van der Waals surface area (Å²) in [6.07, 6.45) is 1.46. The van der Waals surface area contributed by atoms with Gasteiger partial charge in [-0.1, -0.05) is 42.5 Å². The molecule has 3 rings (SSSR count). The number of carbonyl (C=O) groups excluding carboxylic acids is 2. The predicted octanol–water partition coefficient (Wildman–Crippen LogP) is 4.28. The molecule has 0 bridgehead atoms. The Hall–Kier alpha value is -3.76. The number of carbonyl (C=O) groups is 2. The van der Waals surface area contributed by atoms with Crippen molar-refractivity contribution >= 4 is 34.4 Å². The number of hydrogen-bond acceptors (Lipinski definition) is 6. The largest absolute Gasteiger partial charge is 0.427 e. The van der Waals surface area contributed by atoms with Crippen molar-refractivity contribution in [2.24, 2.45) is 0 Å². The molecular weight excluding hydrogens is 374 g/mol. The minimum Gasteiger partial charge on any atom is -0.427 e. The van der Waals surface area contributed by atoms with Crippen molar-refractivity contribution in [1.29, 1.82) is 5.26 Å². The Morgan fingerprint density at radius 1 is 1.14 bits per heavy atom. The average molecular weight is 389 g/mol. The number of benzene rings is 2. The fourth-order valence-corrected chi connectivity index (χ4v) is 3.07. The number of ether oxygens (including phenoxy) is 1. The number of hydrogen-bond donors (Lipinski definition) is 1. The molecule has 0 saturated heterocycles. The fourth-order valence-electron chi connectivity index (χ4n) is 2.35. The Bertz CT molecular complexity index is 1060. The third-order valence-corrected chi connectivity index (χ3v) is 4.37. The summed E-state index contributed by atoms with van der Waals surface area (Å²) in [6, 6.07) is 18.0. The molecule has 0 spiro atoms. The number of aromatic nitrogens is 1. The number of amides is 1. The molecule has 0 aliphatic rings. The van der Waals surface area contributed by atoms with E-state index in [1.54, 1.807) is 24.3 Å². The summed E-state index contributed by atoms with van der Waals surface area (Å²) >= 11 is 1.29. The number of thiazole rings is 1. The SMILES string of the molecule is CC(=O)Oc1ccc(/C=C(/C#N)C(=O)Nc2nc(-c3ccccc3)cs2)cc1. The average Bonchev–Trinajstić information content (AvgIpc) is 3.16. The molecule has 1 amide bonds. The number of anilines is 1. The number of nitriles is 1. The second kappa shape index (κ2) is 8.75. The molecule has 0 radical (unpaired) electrons. The third-order valence-electron chi connectivity index (χ3n) is 3.61. The summed E-state index contributed by atoms with van der Waals surface area (Å²) in [5.74, 6) is -0.567. The minimum absolute atomic E-state index is 0.0586. The zero-order valence-corrected chi connectivity index (χ0v) is 15.7. The van der Waals surface area contributed by atoms with Gasteiger partial charge in [0.25, 0.3) is 5.91 Å². The molecule has 0 fully saturated rings. The van der Waals surface area contributed by atoms with Crippen LogP contribution in [-0.2, 0) is 9.59 Å². The Morgan fingerprint density at radius 3 is 2.50 bits per heavy atom. The van der Waals surface area contributed by atoms with Crippen molar-refractivity contribution in [3.63, 3.8) is 0 Å². The first-order valence-electron chi connectivity index (χ1n) is 8.28. The van der Waals surface area contributed by atoms with E-state index in [4.69, 9.17) is 4.74 Å². The molecule has 0 aliphatic heterocycles. The Labute approximate surface area is 165 Å².